The van der Waals surface area contributed by atoms with Crippen molar-refractivity contribution in [1.82, 2.24) is 40.9 Å². The van der Waals surface area contributed by atoms with E-state index in [1.54, 1.807) is 111 Å². The Morgan fingerprint density at radius 2 is 0.757 bits per heavy atom. The number of fused-ring (bicyclic) bond motifs is 8. The fraction of sp³-hybridized carbons (Fsp3) is 0.469. The summed E-state index contributed by atoms with van der Waals surface area (Å²) >= 11 is 0. The molecule has 784 valence electrons. The maximum Gasteiger partial charge on any atom is 0.251 e. The van der Waals surface area contributed by atoms with Crippen LogP contribution in [0.2, 0.25) is 0 Å². The molecule has 0 radical (unpaired) electrons. The van der Waals surface area contributed by atoms with Gasteiger partial charge in [-0.05, 0) is 231 Å². The van der Waals surface area contributed by atoms with Crippen LogP contribution < -0.4 is 77.4 Å². The van der Waals surface area contributed by atoms with Crippen molar-refractivity contribution in [2.75, 3.05) is 26.9 Å². The van der Waals surface area contributed by atoms with Crippen LogP contribution in [0.3, 0.4) is 0 Å². The number of carbonyl (C=O) groups excluding carboxylic acids is 8. The number of aliphatic imine (C=N–C) groups is 4. The van der Waals surface area contributed by atoms with Gasteiger partial charge in [0.05, 0.1) is 103 Å². The highest BCUT2D eigenvalue weighted by molar-refractivity contribution is 6.04. The second kappa shape index (κ2) is 39.2. The van der Waals surface area contributed by atoms with Gasteiger partial charge in [-0.25, -0.2) is 20.0 Å². The number of benzene rings is 8. The predicted octanol–water partition coefficient (Wildman–Crippen LogP) is 13.6. The minimum atomic E-state index is -1.30. The molecule has 0 saturated heterocycles. The Bertz CT molecular complexity index is 6550. The first-order chi connectivity index (χ1) is 69.6. The quantitative estimate of drug-likeness (QED) is 0.0428. The summed E-state index contributed by atoms with van der Waals surface area (Å²) in [4.78, 5) is 132. The van der Waals surface area contributed by atoms with Crippen LogP contribution in [-0.2, 0) is 30.3 Å². The van der Waals surface area contributed by atoms with Gasteiger partial charge >= 0.3 is 0 Å². The summed E-state index contributed by atoms with van der Waals surface area (Å²) in [5, 5.41) is 45.3. The molecule has 12 aliphatic rings. The molecule has 0 bridgehead atoms. The van der Waals surface area contributed by atoms with E-state index in [9.17, 15) is 53.7 Å². The summed E-state index contributed by atoms with van der Waals surface area (Å²) in [5.74, 6) is 3.20. The van der Waals surface area contributed by atoms with Crippen molar-refractivity contribution in [3.63, 3.8) is 0 Å². The van der Waals surface area contributed by atoms with E-state index in [1.165, 1.54) is 15.4 Å². The molecule has 8 amide bonds. The van der Waals surface area contributed by atoms with Gasteiger partial charge < -0.3 is 97.4 Å². The third-order valence-corrected chi connectivity index (χ3v) is 30.4. The molecule has 0 spiro atoms. The molecule has 11 heterocycles. The zero-order chi connectivity index (χ0) is 107. The van der Waals surface area contributed by atoms with Crippen LogP contribution in [-0.4, -0.2) is 201 Å². The number of nitrogens with one attached hydrogen (secondary N) is 4. The molecule has 0 aromatic heterocycles. The molecule has 35 heteroatoms. The topological polar surface area (TPSA) is 486 Å². The maximum absolute atomic E-state index is 13.6. The number of methoxy groups -OCH3 is 1. The van der Waals surface area contributed by atoms with Crippen LogP contribution in [0, 0.1) is 5.41 Å². The Morgan fingerprint density at radius 1 is 0.399 bits per heavy atom. The summed E-state index contributed by atoms with van der Waals surface area (Å²) in [6.07, 6.45) is 3.05. The number of hydrogen-bond acceptors (Lipinski definition) is 27. The molecule has 16 atom stereocenters. The summed E-state index contributed by atoms with van der Waals surface area (Å²) in [5.41, 5.74) is 26.8. The molecule has 148 heavy (non-hydrogen) atoms. The van der Waals surface area contributed by atoms with Gasteiger partial charge in [-0.1, -0.05) is 107 Å². The van der Waals surface area contributed by atoms with Gasteiger partial charge in [0, 0.05) is 81.1 Å². The Labute approximate surface area is 862 Å². The third kappa shape index (κ3) is 20.5. The van der Waals surface area contributed by atoms with Gasteiger partial charge in [0.25, 0.3) is 23.6 Å². The van der Waals surface area contributed by atoms with Crippen molar-refractivity contribution in [2.45, 2.75) is 306 Å². The van der Waals surface area contributed by atoms with Crippen molar-refractivity contribution < 1.29 is 91.6 Å². The molecule has 8 aromatic rings. The van der Waals surface area contributed by atoms with Crippen LogP contribution in [0.4, 0.5) is 0 Å². The van der Waals surface area contributed by atoms with E-state index in [1.807, 2.05) is 181 Å². The smallest absolute Gasteiger partial charge is 0.251 e. The number of nitrogens with two attached hydrogens (primary N) is 4. The third-order valence-electron chi connectivity index (χ3n) is 30.4. The van der Waals surface area contributed by atoms with E-state index < -0.39 is 98.6 Å². The maximum atomic E-state index is 13.6. The summed E-state index contributed by atoms with van der Waals surface area (Å²) in [6.45, 7) is 36.4. The standard InChI is InChI=1S/C29H36N4O4.3C28H34N4O5/c1-27(2)14-18-9-7-8-10-19(18)23(27)31-25(35)17-11-12-21-20(13-17)24(29(5,37-21)16-36-6)33-22(34)15-28(3,4)32-26(33)30;1-26(2)14-20(33)32(25(29)31-26)22-17-13-15(11-12-19(17)36-27(22,3)4)24(35)30-21-16-9-7-8-10-18(16)37-28(5,6)23(21)34;2*1-5-27(3)14-23(33)32(26(29)31-27)20-12-16(2)37-22-11-10-17(13-19(20)22)25(34)30-24-18-8-6-7-9-21(18)36-15-28(24,4)35/h7-13,23-24H,14-16H2,1-6H3,(H2,30,32)(H,31,35);7-13,21-23,34H,14H2,1-6H3,(H2,29,31)(H,30,35);2*6-11,13,16,20,24,35H,5,12,14-15H2,1-4H3,(H2,29,31)(H,30,34)/t23-,24?,29?;21-,22+,23+;2*16?,20?,24-,27-,28-/m1111/s1. The summed E-state index contributed by atoms with van der Waals surface area (Å²) in [7, 11) is 1.59. The number of aliphatic hydroxyl groups excluding tert-OH is 1. The van der Waals surface area contributed by atoms with Crippen LogP contribution in [0.5, 0.6) is 40.2 Å². The average Bonchev–Trinajstić information content (AvgIpc) is 1.60. The molecular formula is C113H138N16O19. The van der Waals surface area contributed by atoms with Crippen LogP contribution >= 0.6 is 0 Å². The van der Waals surface area contributed by atoms with Gasteiger partial charge in [-0.2, -0.15) is 0 Å². The fourth-order valence-corrected chi connectivity index (χ4v) is 22.5. The van der Waals surface area contributed by atoms with E-state index in [0.29, 0.717) is 127 Å². The van der Waals surface area contributed by atoms with Gasteiger partial charge in [0.2, 0.25) is 23.6 Å². The van der Waals surface area contributed by atoms with E-state index in [2.05, 4.69) is 67.2 Å². The lowest BCUT2D eigenvalue weighted by molar-refractivity contribution is -0.135. The lowest BCUT2D eigenvalue weighted by Crippen LogP contribution is -2.57. The highest BCUT2D eigenvalue weighted by atomic mass is 16.6. The van der Waals surface area contributed by atoms with Gasteiger partial charge in [0.1, 0.15) is 94.1 Å². The van der Waals surface area contributed by atoms with Crippen molar-refractivity contribution in [1.29, 1.82) is 0 Å². The molecule has 20 rings (SSSR count). The molecule has 0 fully saturated rings. The fourth-order valence-electron chi connectivity index (χ4n) is 22.5. The van der Waals surface area contributed by atoms with Crippen molar-refractivity contribution >= 4 is 71.1 Å². The second-order valence-electron chi connectivity index (χ2n) is 45.3. The molecule has 0 saturated carbocycles. The van der Waals surface area contributed by atoms with Crippen molar-refractivity contribution in [2.24, 2.45) is 48.3 Å². The van der Waals surface area contributed by atoms with Crippen molar-refractivity contribution in [3.05, 3.63) is 242 Å². The zero-order valence-corrected chi connectivity index (χ0v) is 87.8. The monoisotopic (exact) mass is 2020 g/mol. The minimum absolute atomic E-state index is 0.0549. The summed E-state index contributed by atoms with van der Waals surface area (Å²) < 4.78 is 47.4. The number of para-hydroxylation sites is 3. The van der Waals surface area contributed by atoms with E-state index in [-0.39, 0.29) is 140 Å². The Balaban J connectivity index is 0.000000135. The minimum Gasteiger partial charge on any atom is -0.490 e. The number of aliphatic hydroxyl groups is 3. The van der Waals surface area contributed by atoms with Gasteiger partial charge in [0.15, 0.2) is 29.4 Å². The van der Waals surface area contributed by atoms with E-state index in [4.69, 9.17) is 60.8 Å². The number of guanidine groups is 4. The SMILES string of the molecule is CC1(C)CC(=O)N([C@H]2c3cc(C(=O)N[C@@H]4c5ccccc5OC(C)(C)[C@H]4O)ccc3OC2(C)C)C(N)=N1.CC[C@]1(C)CC(=O)N(C2CC(C)Oc3ccc(C(=O)N[C@@H]4c5ccccc5OC[C@@]4(C)O)cc32)C(N)=N1.CC[C@]1(C)CC(=O)N(C2CC(C)Oc3ccc(C(=O)N[C@@H]4c5ccccc5OC[C@@]4(C)O)cc32)C(N)=N1.COCC1(C)Oc2ccc(C(=O)N[C@@H]3c4ccccc4CC3(C)C)cc2C1N1C(=O)CC(C)(C)N=C1N. The zero-order valence-electron chi connectivity index (χ0n) is 87.8. The van der Waals surface area contributed by atoms with Gasteiger partial charge in [-0.15, -0.1) is 0 Å². The number of ether oxygens (including phenoxy) is 8. The summed E-state index contributed by atoms with van der Waals surface area (Å²) in [6, 6.07) is 47.1. The lowest BCUT2D eigenvalue weighted by Gasteiger charge is -2.42. The van der Waals surface area contributed by atoms with Crippen molar-refractivity contribution in [3.8, 4) is 40.2 Å². The Kier molecular flexibility index (Phi) is 27.8. The number of hydrogen-bond donors (Lipinski definition) is 11. The first-order valence-corrected chi connectivity index (χ1v) is 50.7. The highest BCUT2D eigenvalue weighted by Gasteiger charge is 2.56. The lowest BCUT2D eigenvalue weighted by atomic mass is 9.85. The first-order valence-electron chi connectivity index (χ1n) is 50.7. The Morgan fingerprint density at radius 3 is 1.20 bits per heavy atom. The Hall–Kier alpha value is -14.2. The molecule has 1 aliphatic carbocycles. The molecule has 15 N–H and O–H groups in total. The number of carbonyl (C=O) groups is 8. The van der Waals surface area contributed by atoms with Crippen LogP contribution in [0.15, 0.2) is 190 Å². The molecule has 35 nitrogen and oxygen atoms in total. The highest BCUT2D eigenvalue weighted by Crippen LogP contribution is 2.54. The normalized spacial score (nSPS) is 28.9. The largest absolute Gasteiger partial charge is 0.490 e. The number of amides is 8. The molecule has 8 aromatic carbocycles. The van der Waals surface area contributed by atoms with Crippen LogP contribution in [0.1, 0.15) is 323 Å². The van der Waals surface area contributed by atoms with Crippen LogP contribution in [0.25, 0.3) is 0 Å². The molecule has 6 unspecified atom stereocenters. The molecular weight excluding hydrogens is 1890 g/mol. The van der Waals surface area contributed by atoms with Gasteiger partial charge in [-0.3, -0.25) is 58.0 Å². The molecule has 11 aliphatic heterocycles. The predicted molar refractivity (Wildman–Crippen MR) is 557 cm³/mol. The van der Waals surface area contributed by atoms with E-state index >= 15 is 0 Å². The number of rotatable bonds is 16. The van der Waals surface area contributed by atoms with E-state index in [0.717, 1.165) is 12.0 Å². The second-order valence-corrected chi connectivity index (χ2v) is 45.3. The number of nitrogens with zero attached hydrogens (tertiary/aromatic N) is 8. The first kappa shape index (κ1) is 105. The average molecular weight is 2020 g/mol.